The van der Waals surface area contributed by atoms with Gasteiger partial charge in [-0.3, -0.25) is 4.79 Å². The summed E-state index contributed by atoms with van der Waals surface area (Å²) >= 11 is 5.65. The van der Waals surface area contributed by atoms with E-state index in [0.29, 0.717) is 18.1 Å². The molecular weight excluding hydrogens is 559 g/mol. The predicted octanol–water partition coefficient (Wildman–Crippen LogP) is 5.33. The van der Waals surface area contributed by atoms with Crippen molar-refractivity contribution in [1.29, 1.82) is 0 Å². The third kappa shape index (κ3) is 6.84. The number of carbonyl (C=O) groups excluding carboxylic acids is 1. The zero-order chi connectivity index (χ0) is 21.3. The number of ether oxygens (including phenoxy) is 2. The lowest BCUT2D eigenvalue weighted by molar-refractivity contribution is -0.120. The number of nitrogens with zero attached hydrogens (tertiary/aromatic N) is 1. The molecule has 0 spiro atoms. The molecule has 3 aromatic carbocycles. The monoisotopic (exact) mass is 578 g/mol. The molecule has 0 bridgehead atoms. The van der Waals surface area contributed by atoms with Crippen molar-refractivity contribution in [2.45, 2.75) is 13.0 Å². The van der Waals surface area contributed by atoms with E-state index in [1.165, 1.54) is 3.57 Å². The normalized spacial score (nSPS) is 10.8. The number of methoxy groups -OCH3 is 1. The van der Waals surface area contributed by atoms with Crippen LogP contribution in [-0.2, 0) is 17.8 Å². The number of hydrogen-bond acceptors (Lipinski definition) is 4. The van der Waals surface area contributed by atoms with Crippen LogP contribution in [0.2, 0.25) is 0 Å². The Balaban J connectivity index is 1.56. The van der Waals surface area contributed by atoms with E-state index in [2.05, 4.69) is 49.0 Å². The molecule has 0 aromatic heterocycles. The Kier molecular flexibility index (Phi) is 8.27. The summed E-state index contributed by atoms with van der Waals surface area (Å²) in [5, 5.41) is 4.03. The number of hydrazone groups is 1. The van der Waals surface area contributed by atoms with Crippen LogP contribution in [0.3, 0.4) is 0 Å². The number of carbonyl (C=O) groups is 1. The highest BCUT2D eigenvalue weighted by atomic mass is 127. The number of nitrogens with one attached hydrogen (secondary N) is 1. The zero-order valence-corrected chi connectivity index (χ0v) is 20.0. The van der Waals surface area contributed by atoms with E-state index < -0.39 is 0 Å². The van der Waals surface area contributed by atoms with Gasteiger partial charge < -0.3 is 9.47 Å². The van der Waals surface area contributed by atoms with E-state index in [-0.39, 0.29) is 12.3 Å². The highest BCUT2D eigenvalue weighted by Gasteiger charge is 2.06. The molecule has 7 heteroatoms. The molecule has 1 N–H and O–H groups in total. The van der Waals surface area contributed by atoms with Crippen LogP contribution in [0.5, 0.6) is 11.5 Å². The standard InChI is InChI=1S/C23H20BrIN2O3/c1-29-22-12-18(6-11-21(22)30-15-17-4-9-20(25)10-5-17)14-26-27-23(28)13-16-2-7-19(24)8-3-16/h2-12,14H,13,15H2,1H3,(H,27,28)/b26-14-. The second-order valence-electron chi connectivity index (χ2n) is 6.42. The first-order valence-corrected chi connectivity index (χ1v) is 11.0. The Bertz CT molecular complexity index is 1020. The summed E-state index contributed by atoms with van der Waals surface area (Å²) in [7, 11) is 1.59. The average molecular weight is 579 g/mol. The van der Waals surface area contributed by atoms with Crippen LogP contribution in [0, 0.1) is 3.57 Å². The van der Waals surface area contributed by atoms with E-state index in [4.69, 9.17) is 9.47 Å². The van der Waals surface area contributed by atoms with Gasteiger partial charge in [0.25, 0.3) is 0 Å². The van der Waals surface area contributed by atoms with E-state index in [9.17, 15) is 4.79 Å². The average Bonchev–Trinajstić information content (AvgIpc) is 2.75. The Morgan fingerprint density at radius 1 is 1.03 bits per heavy atom. The van der Waals surface area contributed by atoms with Gasteiger partial charge in [-0.2, -0.15) is 5.10 Å². The minimum Gasteiger partial charge on any atom is -0.493 e. The topological polar surface area (TPSA) is 59.9 Å². The molecule has 0 aliphatic carbocycles. The molecule has 0 fully saturated rings. The van der Waals surface area contributed by atoms with Crippen LogP contribution in [0.15, 0.2) is 76.3 Å². The summed E-state index contributed by atoms with van der Waals surface area (Å²) in [5.74, 6) is 1.07. The van der Waals surface area contributed by atoms with Crippen molar-refractivity contribution in [2.75, 3.05) is 7.11 Å². The van der Waals surface area contributed by atoms with Gasteiger partial charge >= 0.3 is 0 Å². The van der Waals surface area contributed by atoms with Crippen molar-refractivity contribution in [3.63, 3.8) is 0 Å². The Labute approximate surface area is 197 Å². The summed E-state index contributed by atoms with van der Waals surface area (Å²) < 4.78 is 13.5. The fraction of sp³-hybridized carbons (Fsp3) is 0.130. The van der Waals surface area contributed by atoms with Crippen LogP contribution >= 0.6 is 38.5 Å². The van der Waals surface area contributed by atoms with Crippen molar-refractivity contribution in [2.24, 2.45) is 5.10 Å². The van der Waals surface area contributed by atoms with Crippen molar-refractivity contribution < 1.29 is 14.3 Å². The lowest BCUT2D eigenvalue weighted by Crippen LogP contribution is -2.19. The summed E-state index contributed by atoms with van der Waals surface area (Å²) in [4.78, 5) is 12.0. The maximum atomic E-state index is 12.0. The zero-order valence-electron chi connectivity index (χ0n) is 16.3. The Morgan fingerprint density at radius 2 is 1.73 bits per heavy atom. The smallest absolute Gasteiger partial charge is 0.244 e. The molecule has 0 aliphatic rings. The first kappa shape index (κ1) is 22.3. The molecule has 1 amide bonds. The molecule has 0 saturated carbocycles. The lowest BCUT2D eigenvalue weighted by atomic mass is 10.1. The van der Waals surface area contributed by atoms with Crippen LogP contribution < -0.4 is 14.9 Å². The van der Waals surface area contributed by atoms with Gasteiger partial charge in [0.1, 0.15) is 6.61 Å². The molecule has 30 heavy (non-hydrogen) atoms. The first-order valence-electron chi connectivity index (χ1n) is 9.15. The maximum Gasteiger partial charge on any atom is 0.244 e. The van der Waals surface area contributed by atoms with Gasteiger partial charge in [-0.05, 0) is 81.7 Å². The molecule has 0 atom stereocenters. The second-order valence-corrected chi connectivity index (χ2v) is 8.58. The second kappa shape index (κ2) is 11.1. The highest BCUT2D eigenvalue weighted by Crippen LogP contribution is 2.28. The lowest BCUT2D eigenvalue weighted by Gasteiger charge is -2.11. The molecule has 0 heterocycles. The largest absolute Gasteiger partial charge is 0.493 e. The Hall–Kier alpha value is -2.39. The SMILES string of the molecule is COc1cc(/C=N\NC(=O)Cc2ccc(Br)cc2)ccc1OCc1ccc(I)cc1. The van der Waals surface area contributed by atoms with Crippen molar-refractivity contribution in [3.8, 4) is 11.5 Å². The quantitative estimate of drug-likeness (QED) is 0.223. The van der Waals surface area contributed by atoms with Crippen molar-refractivity contribution in [1.82, 2.24) is 5.43 Å². The summed E-state index contributed by atoms with van der Waals surface area (Å²) in [6.07, 6.45) is 1.84. The maximum absolute atomic E-state index is 12.0. The molecule has 0 radical (unpaired) electrons. The van der Waals surface area contributed by atoms with E-state index in [1.54, 1.807) is 13.3 Å². The van der Waals surface area contributed by atoms with Crippen molar-refractivity contribution >= 4 is 50.6 Å². The molecule has 0 saturated heterocycles. The fourth-order valence-electron chi connectivity index (χ4n) is 2.63. The number of halogens is 2. The molecule has 5 nitrogen and oxygen atoms in total. The number of rotatable bonds is 8. The van der Waals surface area contributed by atoms with Gasteiger partial charge in [-0.25, -0.2) is 5.43 Å². The summed E-state index contributed by atoms with van der Waals surface area (Å²) in [6.45, 7) is 0.451. The summed E-state index contributed by atoms with van der Waals surface area (Å²) in [6, 6.07) is 21.3. The van der Waals surface area contributed by atoms with Gasteiger partial charge in [-0.1, -0.05) is 40.2 Å². The van der Waals surface area contributed by atoms with Gasteiger partial charge in [0.05, 0.1) is 19.7 Å². The third-order valence-electron chi connectivity index (χ3n) is 4.18. The molecule has 0 unspecified atom stereocenters. The van der Waals surface area contributed by atoms with Gasteiger partial charge in [0.15, 0.2) is 11.5 Å². The highest BCUT2D eigenvalue weighted by molar-refractivity contribution is 14.1. The van der Waals surface area contributed by atoms with E-state index in [0.717, 1.165) is 21.2 Å². The number of hydrogen-bond donors (Lipinski definition) is 1. The minimum absolute atomic E-state index is 0.182. The molecule has 0 aliphatic heterocycles. The third-order valence-corrected chi connectivity index (χ3v) is 5.42. The van der Waals surface area contributed by atoms with Gasteiger partial charge in [-0.15, -0.1) is 0 Å². The fourth-order valence-corrected chi connectivity index (χ4v) is 3.26. The van der Waals surface area contributed by atoms with Crippen LogP contribution in [0.1, 0.15) is 16.7 Å². The summed E-state index contributed by atoms with van der Waals surface area (Å²) in [5.41, 5.74) is 5.33. The Morgan fingerprint density at radius 3 is 2.43 bits per heavy atom. The molecule has 3 rings (SSSR count). The first-order chi connectivity index (χ1) is 14.5. The predicted molar refractivity (Wildman–Crippen MR) is 130 cm³/mol. The number of benzene rings is 3. The van der Waals surface area contributed by atoms with Crippen LogP contribution in [0.4, 0.5) is 0 Å². The molecular formula is C23H20BrIN2O3. The molecule has 3 aromatic rings. The van der Waals surface area contributed by atoms with E-state index >= 15 is 0 Å². The molecule has 154 valence electrons. The minimum atomic E-state index is -0.182. The van der Waals surface area contributed by atoms with Crippen LogP contribution in [-0.4, -0.2) is 19.2 Å². The van der Waals surface area contributed by atoms with Gasteiger partial charge in [0, 0.05) is 8.04 Å². The van der Waals surface area contributed by atoms with E-state index in [1.807, 2.05) is 66.7 Å². The van der Waals surface area contributed by atoms with Gasteiger partial charge in [0.2, 0.25) is 5.91 Å². The van der Waals surface area contributed by atoms with Crippen molar-refractivity contribution in [3.05, 3.63) is 91.5 Å². The number of amides is 1. The van der Waals surface area contributed by atoms with Crippen LogP contribution in [0.25, 0.3) is 0 Å².